The lowest BCUT2D eigenvalue weighted by Crippen LogP contribution is -2.44. The molecule has 0 saturated heterocycles. The zero-order chi connectivity index (χ0) is 19.9. The minimum Gasteiger partial charge on any atom is -0.480 e. The number of carbonyl (C=O) groups excluding carboxylic acids is 1. The predicted octanol–water partition coefficient (Wildman–Crippen LogP) is 1.79. The van der Waals surface area contributed by atoms with Crippen molar-refractivity contribution in [2.24, 2.45) is 5.92 Å². The summed E-state index contributed by atoms with van der Waals surface area (Å²) in [5, 5.41) is 9.32. The van der Waals surface area contributed by atoms with Gasteiger partial charge in [0.2, 0.25) is 10.0 Å². The van der Waals surface area contributed by atoms with Gasteiger partial charge < -0.3 is 14.6 Å². The van der Waals surface area contributed by atoms with E-state index in [4.69, 9.17) is 9.47 Å². The van der Waals surface area contributed by atoms with Crippen LogP contribution in [0.2, 0.25) is 0 Å². The lowest BCUT2D eigenvalue weighted by molar-refractivity contribution is -0.140. The molecule has 0 aromatic heterocycles. The number of rotatable bonds is 10. The number of sulfonamides is 1. The molecule has 0 aliphatic heterocycles. The molecule has 0 saturated carbocycles. The summed E-state index contributed by atoms with van der Waals surface area (Å²) in [6.07, 6.45) is 0.483. The van der Waals surface area contributed by atoms with Crippen LogP contribution in [0.3, 0.4) is 0 Å². The third kappa shape index (κ3) is 5.79. The summed E-state index contributed by atoms with van der Waals surface area (Å²) in [5.74, 6) is -2.34. The van der Waals surface area contributed by atoms with Crippen molar-refractivity contribution in [2.45, 2.75) is 44.7 Å². The fourth-order valence-electron chi connectivity index (χ4n) is 2.28. The van der Waals surface area contributed by atoms with E-state index < -0.39 is 33.9 Å². The van der Waals surface area contributed by atoms with E-state index in [1.54, 1.807) is 20.8 Å². The molecular weight excluding hydrogens is 362 g/mol. The van der Waals surface area contributed by atoms with Crippen LogP contribution < -0.4 is 4.72 Å². The van der Waals surface area contributed by atoms with Crippen molar-refractivity contribution >= 4 is 22.0 Å². The van der Waals surface area contributed by atoms with E-state index in [0.717, 1.165) is 6.07 Å². The van der Waals surface area contributed by atoms with Gasteiger partial charge in [-0.2, -0.15) is 4.72 Å². The molecule has 9 heteroatoms. The first-order chi connectivity index (χ1) is 12.2. The number of nitrogens with one attached hydrogen (secondary N) is 1. The molecule has 146 valence electrons. The Bertz CT molecular complexity index is 745. The summed E-state index contributed by atoms with van der Waals surface area (Å²) in [6, 6.07) is 2.70. The smallest absolute Gasteiger partial charge is 0.338 e. The summed E-state index contributed by atoms with van der Waals surface area (Å²) in [4.78, 5) is 23.2. The number of ether oxygens (including phenoxy) is 2. The normalized spacial score (nSPS) is 13.8. The maximum Gasteiger partial charge on any atom is 0.338 e. The molecule has 0 radical (unpaired) electrons. The highest BCUT2D eigenvalue weighted by Crippen LogP contribution is 2.19. The number of carbonyl (C=O) groups is 2. The minimum absolute atomic E-state index is 0.0530. The maximum absolute atomic E-state index is 12.7. The molecule has 0 spiro atoms. The lowest BCUT2D eigenvalue weighted by Gasteiger charge is -2.20. The molecule has 1 rings (SSSR count). The summed E-state index contributed by atoms with van der Waals surface area (Å²) in [6.45, 7) is 5.28. The molecule has 1 aromatic rings. The van der Waals surface area contributed by atoms with Gasteiger partial charge in [0.25, 0.3) is 0 Å². The number of carboxylic acid groups (broad SMARTS) is 1. The third-order valence-electron chi connectivity index (χ3n) is 3.86. The Morgan fingerprint density at radius 2 is 1.88 bits per heavy atom. The Balaban J connectivity index is 3.32. The zero-order valence-corrected chi connectivity index (χ0v) is 16.1. The fourth-order valence-corrected chi connectivity index (χ4v) is 3.67. The molecule has 0 heterocycles. The van der Waals surface area contributed by atoms with Gasteiger partial charge in [-0.25, -0.2) is 13.2 Å². The second-order valence-electron chi connectivity index (χ2n) is 5.84. The molecule has 2 atom stereocenters. The number of hydrogen-bond acceptors (Lipinski definition) is 6. The van der Waals surface area contributed by atoms with E-state index >= 15 is 0 Å². The van der Waals surface area contributed by atoms with E-state index in [2.05, 4.69) is 4.72 Å². The molecule has 0 aliphatic rings. The summed E-state index contributed by atoms with van der Waals surface area (Å²) in [7, 11) is -2.73. The van der Waals surface area contributed by atoms with Gasteiger partial charge in [0, 0.05) is 7.11 Å². The van der Waals surface area contributed by atoms with Crippen LogP contribution in [-0.2, 0) is 30.9 Å². The number of carboxylic acids is 1. The molecule has 0 fully saturated rings. The van der Waals surface area contributed by atoms with Crippen LogP contribution in [0.4, 0.5) is 0 Å². The quantitative estimate of drug-likeness (QED) is 0.587. The van der Waals surface area contributed by atoms with Crippen LogP contribution in [-0.4, -0.2) is 45.2 Å². The standard InChI is InChI=1S/C17H25NO7S/c1-5-11(3)15(16(19)20)18-26(22,23)14-8-12(10-24-4)7-13(9-14)17(21)25-6-2/h7-9,11,15,18H,5-6,10H2,1-4H3,(H,19,20)/t11-,15-/m0/s1. The van der Waals surface area contributed by atoms with E-state index in [1.807, 2.05) is 0 Å². The van der Waals surface area contributed by atoms with Crippen LogP contribution in [0.15, 0.2) is 23.1 Å². The highest BCUT2D eigenvalue weighted by atomic mass is 32.2. The molecule has 26 heavy (non-hydrogen) atoms. The fraction of sp³-hybridized carbons (Fsp3) is 0.529. The number of methoxy groups -OCH3 is 1. The number of aliphatic carboxylic acids is 1. The largest absolute Gasteiger partial charge is 0.480 e. The first-order valence-corrected chi connectivity index (χ1v) is 9.69. The first-order valence-electron chi connectivity index (χ1n) is 8.21. The Hall–Kier alpha value is -1.97. The lowest BCUT2D eigenvalue weighted by atomic mass is 10.0. The average molecular weight is 387 g/mol. The Kier molecular flexibility index (Phi) is 8.19. The van der Waals surface area contributed by atoms with Crippen LogP contribution >= 0.6 is 0 Å². The first kappa shape index (κ1) is 22.1. The van der Waals surface area contributed by atoms with Gasteiger partial charge >= 0.3 is 11.9 Å². The third-order valence-corrected chi connectivity index (χ3v) is 5.28. The highest BCUT2D eigenvalue weighted by molar-refractivity contribution is 7.89. The number of benzene rings is 1. The second kappa shape index (κ2) is 9.65. The van der Waals surface area contributed by atoms with Gasteiger partial charge in [0.15, 0.2) is 0 Å². The van der Waals surface area contributed by atoms with E-state index in [0.29, 0.717) is 12.0 Å². The summed E-state index contributed by atoms with van der Waals surface area (Å²) < 4.78 is 37.5. The Morgan fingerprint density at radius 3 is 2.38 bits per heavy atom. The van der Waals surface area contributed by atoms with Gasteiger partial charge in [-0.3, -0.25) is 4.79 Å². The minimum atomic E-state index is -4.17. The predicted molar refractivity (Wildman–Crippen MR) is 94.3 cm³/mol. The average Bonchev–Trinajstić information content (AvgIpc) is 2.59. The molecule has 0 amide bonds. The van der Waals surface area contributed by atoms with Gasteiger partial charge in [-0.05, 0) is 36.6 Å². The Morgan fingerprint density at radius 1 is 1.23 bits per heavy atom. The molecule has 2 N–H and O–H groups in total. The SMILES string of the molecule is CCOC(=O)c1cc(COC)cc(S(=O)(=O)N[C@H](C(=O)O)[C@@H](C)CC)c1. The van der Waals surface area contributed by atoms with Crippen molar-refractivity contribution in [1.82, 2.24) is 4.72 Å². The van der Waals surface area contributed by atoms with Gasteiger partial charge in [-0.1, -0.05) is 20.3 Å². The van der Waals surface area contributed by atoms with Crippen molar-refractivity contribution in [1.29, 1.82) is 0 Å². The highest BCUT2D eigenvalue weighted by Gasteiger charge is 2.30. The van der Waals surface area contributed by atoms with Gasteiger partial charge in [-0.15, -0.1) is 0 Å². The molecule has 8 nitrogen and oxygen atoms in total. The van der Waals surface area contributed by atoms with Crippen molar-refractivity contribution in [3.05, 3.63) is 29.3 Å². The Labute approximate surface area is 153 Å². The molecule has 0 unspecified atom stereocenters. The van der Waals surface area contributed by atoms with Gasteiger partial charge in [0.05, 0.1) is 23.7 Å². The molecular formula is C17H25NO7S. The summed E-state index contributed by atoms with van der Waals surface area (Å²) >= 11 is 0. The zero-order valence-electron chi connectivity index (χ0n) is 15.3. The molecule has 0 bridgehead atoms. The van der Waals surface area contributed by atoms with E-state index in [9.17, 15) is 23.1 Å². The van der Waals surface area contributed by atoms with Crippen LogP contribution in [0.1, 0.15) is 43.1 Å². The van der Waals surface area contributed by atoms with Crippen molar-refractivity contribution in [3.63, 3.8) is 0 Å². The van der Waals surface area contributed by atoms with Crippen LogP contribution in [0.5, 0.6) is 0 Å². The van der Waals surface area contributed by atoms with E-state index in [1.165, 1.54) is 19.2 Å². The summed E-state index contributed by atoms with van der Waals surface area (Å²) in [5.41, 5.74) is 0.506. The maximum atomic E-state index is 12.7. The van der Waals surface area contributed by atoms with Crippen LogP contribution in [0.25, 0.3) is 0 Å². The monoisotopic (exact) mass is 387 g/mol. The number of hydrogen-bond donors (Lipinski definition) is 2. The molecule has 1 aromatic carbocycles. The van der Waals surface area contributed by atoms with Crippen molar-refractivity contribution in [3.8, 4) is 0 Å². The topological polar surface area (TPSA) is 119 Å². The van der Waals surface area contributed by atoms with Crippen LogP contribution in [0, 0.1) is 5.92 Å². The second-order valence-corrected chi connectivity index (χ2v) is 7.56. The molecule has 0 aliphatic carbocycles. The number of esters is 1. The van der Waals surface area contributed by atoms with Crippen molar-refractivity contribution < 1.29 is 32.6 Å². The van der Waals surface area contributed by atoms with Crippen molar-refractivity contribution in [2.75, 3.05) is 13.7 Å². The van der Waals surface area contributed by atoms with E-state index in [-0.39, 0.29) is 23.7 Å². The van der Waals surface area contributed by atoms with Gasteiger partial charge in [0.1, 0.15) is 6.04 Å².